The lowest BCUT2D eigenvalue weighted by molar-refractivity contribution is 0.0933. The zero-order chi connectivity index (χ0) is 17.2. The molecular weight excluding hydrogens is 314 g/mol. The first kappa shape index (κ1) is 15.6. The van der Waals surface area contributed by atoms with Crippen molar-refractivity contribution in [2.75, 3.05) is 18.0 Å². The van der Waals surface area contributed by atoms with E-state index in [1.165, 1.54) is 0 Å². The van der Waals surface area contributed by atoms with E-state index in [-0.39, 0.29) is 11.9 Å². The Balaban J connectivity index is 1.46. The van der Waals surface area contributed by atoms with Crippen LogP contribution in [0.3, 0.4) is 0 Å². The minimum Gasteiger partial charge on any atom is -0.355 e. The van der Waals surface area contributed by atoms with Crippen molar-refractivity contribution < 1.29 is 4.79 Å². The molecule has 0 spiro atoms. The minimum atomic E-state index is -0.0398. The Morgan fingerprint density at radius 2 is 2.24 bits per heavy atom. The number of aryl methyl sites for hydroxylation is 1. The molecule has 1 amide bonds. The molecule has 25 heavy (non-hydrogen) atoms. The van der Waals surface area contributed by atoms with Crippen molar-refractivity contribution in [2.24, 2.45) is 0 Å². The van der Waals surface area contributed by atoms with Crippen molar-refractivity contribution in [3.63, 3.8) is 0 Å². The summed E-state index contributed by atoms with van der Waals surface area (Å²) in [5.41, 5.74) is 2.43. The van der Waals surface area contributed by atoms with Gasteiger partial charge in [0.2, 0.25) is 0 Å². The lowest BCUT2D eigenvalue weighted by Gasteiger charge is -2.34. The van der Waals surface area contributed by atoms with Gasteiger partial charge in [-0.15, -0.1) is 0 Å². The number of piperidine rings is 1. The Labute approximate surface area is 146 Å². The number of imidazole rings is 1. The minimum absolute atomic E-state index is 0.0398. The van der Waals surface area contributed by atoms with Gasteiger partial charge in [0.25, 0.3) is 5.91 Å². The summed E-state index contributed by atoms with van der Waals surface area (Å²) in [7, 11) is 0. The summed E-state index contributed by atoms with van der Waals surface area (Å²) < 4.78 is 0. The molecule has 2 aromatic heterocycles. The summed E-state index contributed by atoms with van der Waals surface area (Å²) in [5, 5.41) is 3.16. The molecule has 1 aliphatic heterocycles. The molecule has 1 aliphatic rings. The number of benzene rings is 1. The molecule has 0 bridgehead atoms. The first-order valence-electron chi connectivity index (χ1n) is 8.62. The van der Waals surface area contributed by atoms with Gasteiger partial charge in [-0.1, -0.05) is 6.07 Å². The second-order valence-electron chi connectivity index (χ2n) is 6.50. The molecule has 128 valence electrons. The average molecular weight is 335 g/mol. The molecule has 6 nitrogen and oxygen atoms in total. The predicted molar refractivity (Wildman–Crippen MR) is 97.8 cm³/mol. The molecular formula is C19H21N5O. The number of amides is 1. The van der Waals surface area contributed by atoms with Gasteiger partial charge in [0.05, 0.1) is 11.0 Å². The summed E-state index contributed by atoms with van der Waals surface area (Å²) in [6, 6.07) is 11.6. The lowest BCUT2D eigenvalue weighted by Crippen LogP contribution is -2.48. The van der Waals surface area contributed by atoms with Crippen LogP contribution in [0.1, 0.15) is 29.0 Å². The molecule has 0 aliphatic carbocycles. The summed E-state index contributed by atoms with van der Waals surface area (Å²) in [4.78, 5) is 26.8. The SMILES string of the molecule is Cc1nc2ccc(C(=O)N[C@@H]3CCCN(c4ccccn4)C3)cc2[nH]1. The van der Waals surface area contributed by atoms with Crippen LogP contribution in [-0.4, -0.2) is 40.0 Å². The highest BCUT2D eigenvalue weighted by Crippen LogP contribution is 2.18. The Bertz CT molecular complexity index is 889. The molecule has 0 unspecified atom stereocenters. The van der Waals surface area contributed by atoms with E-state index < -0.39 is 0 Å². The standard InChI is InChI=1S/C19H21N5O/c1-13-21-16-8-7-14(11-17(16)22-13)19(25)23-15-5-4-10-24(12-15)18-6-2-3-9-20-18/h2-3,6-9,11,15H,4-5,10,12H2,1H3,(H,21,22)(H,23,25)/t15-/m1/s1. The van der Waals surface area contributed by atoms with Gasteiger partial charge in [0.15, 0.2) is 0 Å². The van der Waals surface area contributed by atoms with E-state index in [1.54, 1.807) is 6.20 Å². The number of rotatable bonds is 3. The molecule has 3 heterocycles. The van der Waals surface area contributed by atoms with E-state index in [0.717, 1.165) is 48.6 Å². The van der Waals surface area contributed by atoms with Gasteiger partial charge in [-0.25, -0.2) is 9.97 Å². The van der Waals surface area contributed by atoms with Crippen LogP contribution in [0.2, 0.25) is 0 Å². The molecule has 1 atom stereocenters. The second kappa shape index (κ2) is 6.55. The van der Waals surface area contributed by atoms with Crippen LogP contribution in [-0.2, 0) is 0 Å². The number of hydrogen-bond acceptors (Lipinski definition) is 4. The van der Waals surface area contributed by atoms with Crippen LogP contribution < -0.4 is 10.2 Å². The number of fused-ring (bicyclic) bond motifs is 1. The largest absolute Gasteiger partial charge is 0.355 e. The third-order valence-corrected chi connectivity index (χ3v) is 4.59. The van der Waals surface area contributed by atoms with E-state index in [2.05, 4.69) is 25.2 Å². The molecule has 3 aromatic rings. The number of pyridine rings is 1. The number of nitrogens with zero attached hydrogens (tertiary/aromatic N) is 3. The van der Waals surface area contributed by atoms with E-state index in [0.29, 0.717) is 5.56 Å². The third kappa shape index (κ3) is 3.33. The van der Waals surface area contributed by atoms with Crippen molar-refractivity contribution in [3.05, 3.63) is 54.0 Å². The molecule has 0 saturated carbocycles. The Morgan fingerprint density at radius 3 is 3.08 bits per heavy atom. The number of aromatic nitrogens is 3. The lowest BCUT2D eigenvalue weighted by atomic mass is 10.0. The highest BCUT2D eigenvalue weighted by Gasteiger charge is 2.22. The van der Waals surface area contributed by atoms with Crippen LogP contribution in [0.5, 0.6) is 0 Å². The Hall–Kier alpha value is -2.89. The fourth-order valence-corrected chi connectivity index (χ4v) is 3.39. The molecule has 1 saturated heterocycles. The van der Waals surface area contributed by atoms with Gasteiger partial charge < -0.3 is 15.2 Å². The van der Waals surface area contributed by atoms with Gasteiger partial charge >= 0.3 is 0 Å². The summed E-state index contributed by atoms with van der Waals surface area (Å²) in [6.45, 7) is 3.67. The zero-order valence-electron chi connectivity index (χ0n) is 14.2. The molecule has 0 radical (unpaired) electrons. The van der Waals surface area contributed by atoms with E-state index in [1.807, 2.05) is 43.3 Å². The van der Waals surface area contributed by atoms with Crippen LogP contribution in [0, 0.1) is 6.92 Å². The Kier molecular flexibility index (Phi) is 4.09. The fourth-order valence-electron chi connectivity index (χ4n) is 3.39. The number of hydrogen-bond donors (Lipinski definition) is 2. The quantitative estimate of drug-likeness (QED) is 0.772. The topological polar surface area (TPSA) is 73.9 Å². The molecule has 1 fully saturated rings. The summed E-state index contributed by atoms with van der Waals surface area (Å²) in [5.74, 6) is 1.78. The highest BCUT2D eigenvalue weighted by atomic mass is 16.1. The maximum atomic E-state index is 12.6. The number of anilines is 1. The van der Waals surface area contributed by atoms with Crippen LogP contribution in [0.15, 0.2) is 42.6 Å². The first-order valence-corrected chi connectivity index (χ1v) is 8.62. The van der Waals surface area contributed by atoms with Gasteiger partial charge in [0, 0.05) is 30.9 Å². The van der Waals surface area contributed by atoms with E-state index >= 15 is 0 Å². The third-order valence-electron chi connectivity index (χ3n) is 4.59. The van der Waals surface area contributed by atoms with Crippen molar-refractivity contribution in [1.82, 2.24) is 20.3 Å². The number of carbonyl (C=O) groups is 1. The molecule has 6 heteroatoms. The van der Waals surface area contributed by atoms with Gasteiger partial charge in [-0.2, -0.15) is 0 Å². The Morgan fingerprint density at radius 1 is 1.32 bits per heavy atom. The molecule has 2 N–H and O–H groups in total. The molecule has 1 aromatic carbocycles. The monoisotopic (exact) mass is 335 g/mol. The summed E-state index contributed by atoms with van der Waals surface area (Å²) >= 11 is 0. The molecule has 4 rings (SSSR count). The number of aromatic amines is 1. The second-order valence-corrected chi connectivity index (χ2v) is 6.50. The van der Waals surface area contributed by atoms with Crippen molar-refractivity contribution >= 4 is 22.8 Å². The van der Waals surface area contributed by atoms with Crippen LogP contribution >= 0.6 is 0 Å². The first-order chi connectivity index (χ1) is 12.2. The van der Waals surface area contributed by atoms with Crippen molar-refractivity contribution in [3.8, 4) is 0 Å². The van der Waals surface area contributed by atoms with Crippen LogP contribution in [0.4, 0.5) is 5.82 Å². The maximum Gasteiger partial charge on any atom is 0.251 e. The normalized spacial score (nSPS) is 17.6. The van der Waals surface area contributed by atoms with Gasteiger partial charge in [-0.05, 0) is 50.1 Å². The highest BCUT2D eigenvalue weighted by molar-refractivity contribution is 5.97. The number of nitrogens with one attached hydrogen (secondary N) is 2. The van der Waals surface area contributed by atoms with Crippen molar-refractivity contribution in [2.45, 2.75) is 25.8 Å². The van der Waals surface area contributed by atoms with Gasteiger partial charge in [0.1, 0.15) is 11.6 Å². The number of H-pyrrole nitrogens is 1. The summed E-state index contributed by atoms with van der Waals surface area (Å²) in [6.07, 6.45) is 3.83. The van der Waals surface area contributed by atoms with E-state index in [9.17, 15) is 4.79 Å². The van der Waals surface area contributed by atoms with Crippen LogP contribution in [0.25, 0.3) is 11.0 Å². The predicted octanol–water partition coefficient (Wildman–Crippen LogP) is 2.67. The average Bonchev–Trinajstić information content (AvgIpc) is 3.02. The van der Waals surface area contributed by atoms with Crippen molar-refractivity contribution in [1.29, 1.82) is 0 Å². The van der Waals surface area contributed by atoms with Gasteiger partial charge in [-0.3, -0.25) is 4.79 Å². The maximum absolute atomic E-state index is 12.6. The fraction of sp³-hybridized carbons (Fsp3) is 0.316. The zero-order valence-corrected chi connectivity index (χ0v) is 14.2. The smallest absolute Gasteiger partial charge is 0.251 e. The van der Waals surface area contributed by atoms with E-state index in [4.69, 9.17) is 0 Å². The number of carbonyl (C=O) groups excluding carboxylic acids is 1.